The molecule has 0 saturated heterocycles. The van der Waals surface area contributed by atoms with Crippen molar-refractivity contribution in [3.8, 4) is 0 Å². The Bertz CT molecular complexity index is 833. The molecule has 0 aliphatic carbocycles. The lowest BCUT2D eigenvalue weighted by Crippen LogP contribution is -2.52. The summed E-state index contributed by atoms with van der Waals surface area (Å²) in [6, 6.07) is 13.0. The van der Waals surface area contributed by atoms with Gasteiger partial charge in [0.25, 0.3) is 11.8 Å². The summed E-state index contributed by atoms with van der Waals surface area (Å²) in [5.41, 5.74) is 2.51. The zero-order valence-corrected chi connectivity index (χ0v) is 16.8. The maximum atomic E-state index is 12.6. The molecule has 0 fully saturated rings. The van der Waals surface area contributed by atoms with Gasteiger partial charge in [0.1, 0.15) is 0 Å². The number of benzene rings is 2. The van der Waals surface area contributed by atoms with Gasteiger partial charge in [-0.2, -0.15) is 0 Å². The second-order valence-electron chi connectivity index (χ2n) is 6.74. The minimum Gasteiger partial charge on any atom is -0.350 e. The van der Waals surface area contributed by atoms with Crippen LogP contribution in [0.25, 0.3) is 0 Å². The van der Waals surface area contributed by atoms with Gasteiger partial charge in [-0.1, -0.05) is 49.7 Å². The third-order valence-corrected chi connectivity index (χ3v) is 4.35. The van der Waals surface area contributed by atoms with E-state index in [-0.39, 0.29) is 6.54 Å². The predicted octanol–water partition coefficient (Wildman–Crippen LogP) is 3.22. The molecule has 28 heavy (non-hydrogen) atoms. The quantitative estimate of drug-likeness (QED) is 0.622. The molecule has 1 atom stereocenters. The van der Waals surface area contributed by atoms with Crippen LogP contribution in [0.1, 0.15) is 37.8 Å². The summed E-state index contributed by atoms with van der Waals surface area (Å²) >= 11 is 5.84. The number of carbonyl (C=O) groups excluding carboxylic acids is 3. The van der Waals surface area contributed by atoms with Crippen LogP contribution < -0.4 is 16.0 Å². The molecular formula is C21H24ClN3O3. The first-order chi connectivity index (χ1) is 13.3. The second-order valence-corrected chi connectivity index (χ2v) is 7.18. The highest BCUT2D eigenvalue weighted by Gasteiger charge is 2.27. The zero-order valence-electron chi connectivity index (χ0n) is 16.1. The lowest BCUT2D eigenvalue weighted by molar-refractivity contribution is -0.134. The molecule has 0 bridgehead atoms. The summed E-state index contributed by atoms with van der Waals surface area (Å²) in [5, 5.41) is 8.31. The molecule has 2 aromatic rings. The Hall–Kier alpha value is -2.86. The van der Waals surface area contributed by atoms with Crippen molar-refractivity contribution in [3.63, 3.8) is 0 Å². The van der Waals surface area contributed by atoms with E-state index in [1.807, 2.05) is 12.1 Å². The highest BCUT2D eigenvalue weighted by molar-refractivity contribution is 6.30. The van der Waals surface area contributed by atoms with Gasteiger partial charge < -0.3 is 16.0 Å². The maximum absolute atomic E-state index is 12.6. The summed E-state index contributed by atoms with van der Waals surface area (Å²) in [5.74, 6) is -1.31. The number of halogens is 1. The highest BCUT2D eigenvalue weighted by Crippen LogP contribution is 2.17. The summed E-state index contributed by atoms with van der Waals surface area (Å²) in [7, 11) is 0. The molecule has 0 aliphatic rings. The Kier molecular flexibility index (Phi) is 7.58. The summed E-state index contributed by atoms with van der Waals surface area (Å²) < 4.78 is 0. The van der Waals surface area contributed by atoms with E-state index in [4.69, 9.17) is 11.6 Å². The molecule has 3 N–H and O–H groups in total. The fourth-order valence-electron chi connectivity index (χ4n) is 2.51. The molecule has 0 spiro atoms. The van der Waals surface area contributed by atoms with Crippen LogP contribution in [0.5, 0.6) is 0 Å². The number of amides is 3. The third kappa shape index (κ3) is 6.39. The summed E-state index contributed by atoms with van der Waals surface area (Å²) in [6.07, 6.45) is 0. The van der Waals surface area contributed by atoms with Crippen LogP contribution in [0.4, 0.5) is 5.69 Å². The van der Waals surface area contributed by atoms with Crippen molar-refractivity contribution in [2.45, 2.75) is 39.3 Å². The molecule has 3 amide bonds. The first-order valence-corrected chi connectivity index (χ1v) is 9.34. The predicted molar refractivity (Wildman–Crippen MR) is 110 cm³/mol. The number of anilines is 1. The van der Waals surface area contributed by atoms with Gasteiger partial charge in [0, 0.05) is 24.2 Å². The average molecular weight is 402 g/mol. The van der Waals surface area contributed by atoms with E-state index in [9.17, 15) is 14.4 Å². The zero-order chi connectivity index (χ0) is 20.7. The molecule has 148 valence electrons. The SMILES string of the molecule is CC(=O)N[C@@H](C(=O)NCc1ccc(Cl)cc1)C(=O)Nc1ccc(C(C)C)cc1. The van der Waals surface area contributed by atoms with E-state index in [0.29, 0.717) is 16.6 Å². The number of hydrogen-bond donors (Lipinski definition) is 3. The fourth-order valence-corrected chi connectivity index (χ4v) is 2.64. The third-order valence-electron chi connectivity index (χ3n) is 4.10. The van der Waals surface area contributed by atoms with E-state index in [1.54, 1.807) is 36.4 Å². The second kappa shape index (κ2) is 9.90. The number of carbonyl (C=O) groups is 3. The topological polar surface area (TPSA) is 87.3 Å². The molecular weight excluding hydrogens is 378 g/mol. The smallest absolute Gasteiger partial charge is 0.256 e. The Morgan fingerprint density at radius 2 is 1.54 bits per heavy atom. The minimum absolute atomic E-state index is 0.211. The molecule has 6 nitrogen and oxygen atoms in total. The molecule has 0 radical (unpaired) electrons. The molecule has 0 saturated carbocycles. The fraction of sp³-hybridized carbons (Fsp3) is 0.286. The maximum Gasteiger partial charge on any atom is 0.256 e. The van der Waals surface area contributed by atoms with Gasteiger partial charge in [-0.3, -0.25) is 14.4 Å². The van der Waals surface area contributed by atoms with Crippen LogP contribution in [-0.4, -0.2) is 23.8 Å². The Morgan fingerprint density at radius 1 is 0.929 bits per heavy atom. The van der Waals surface area contributed by atoms with Gasteiger partial charge in [-0.05, 0) is 41.3 Å². The first kappa shape index (κ1) is 21.4. The highest BCUT2D eigenvalue weighted by atomic mass is 35.5. The van der Waals surface area contributed by atoms with Crippen LogP contribution >= 0.6 is 11.6 Å². The van der Waals surface area contributed by atoms with Crippen LogP contribution in [0.3, 0.4) is 0 Å². The van der Waals surface area contributed by atoms with Gasteiger partial charge in [0.2, 0.25) is 5.91 Å². The number of rotatable bonds is 7. The molecule has 0 unspecified atom stereocenters. The van der Waals surface area contributed by atoms with E-state index in [2.05, 4.69) is 29.8 Å². The average Bonchev–Trinajstić information content (AvgIpc) is 2.65. The van der Waals surface area contributed by atoms with Crippen LogP contribution in [-0.2, 0) is 20.9 Å². The van der Waals surface area contributed by atoms with Crippen molar-refractivity contribution in [3.05, 3.63) is 64.7 Å². The van der Waals surface area contributed by atoms with Crippen molar-refractivity contribution in [1.82, 2.24) is 10.6 Å². The van der Waals surface area contributed by atoms with Crippen LogP contribution in [0.15, 0.2) is 48.5 Å². The van der Waals surface area contributed by atoms with E-state index < -0.39 is 23.8 Å². The van der Waals surface area contributed by atoms with E-state index in [0.717, 1.165) is 11.1 Å². The lowest BCUT2D eigenvalue weighted by atomic mass is 10.0. The largest absolute Gasteiger partial charge is 0.350 e. The molecule has 0 aliphatic heterocycles. The molecule has 2 rings (SSSR count). The van der Waals surface area contributed by atoms with Crippen molar-refractivity contribution >= 4 is 35.0 Å². The molecule has 0 heterocycles. The standard InChI is InChI=1S/C21H24ClN3O3/c1-13(2)16-6-10-18(11-7-16)25-21(28)19(24-14(3)26)20(27)23-12-15-4-8-17(22)9-5-15/h4-11,13,19H,12H2,1-3H3,(H,23,27)(H,24,26)(H,25,28)/t19-/m0/s1. The van der Waals surface area contributed by atoms with Crippen LogP contribution in [0.2, 0.25) is 5.02 Å². The molecule has 0 aromatic heterocycles. The molecule has 2 aromatic carbocycles. The Balaban J connectivity index is 2.03. The van der Waals surface area contributed by atoms with Gasteiger partial charge in [0.05, 0.1) is 0 Å². The first-order valence-electron chi connectivity index (χ1n) is 8.96. The Labute approximate surface area is 169 Å². The van der Waals surface area contributed by atoms with E-state index >= 15 is 0 Å². The van der Waals surface area contributed by atoms with E-state index in [1.165, 1.54) is 6.92 Å². The van der Waals surface area contributed by atoms with Gasteiger partial charge in [0.15, 0.2) is 6.04 Å². The van der Waals surface area contributed by atoms with Gasteiger partial charge in [-0.15, -0.1) is 0 Å². The van der Waals surface area contributed by atoms with Gasteiger partial charge >= 0.3 is 0 Å². The normalized spacial score (nSPS) is 11.6. The van der Waals surface area contributed by atoms with Crippen molar-refractivity contribution in [1.29, 1.82) is 0 Å². The Morgan fingerprint density at radius 3 is 2.07 bits per heavy atom. The monoisotopic (exact) mass is 401 g/mol. The van der Waals surface area contributed by atoms with Crippen molar-refractivity contribution in [2.75, 3.05) is 5.32 Å². The minimum atomic E-state index is -1.34. The van der Waals surface area contributed by atoms with Gasteiger partial charge in [-0.25, -0.2) is 0 Å². The van der Waals surface area contributed by atoms with Crippen molar-refractivity contribution < 1.29 is 14.4 Å². The molecule has 7 heteroatoms. The lowest BCUT2D eigenvalue weighted by Gasteiger charge is -2.18. The summed E-state index contributed by atoms with van der Waals surface area (Å²) in [6.45, 7) is 5.61. The van der Waals surface area contributed by atoms with Crippen LogP contribution in [0, 0.1) is 0 Å². The number of nitrogens with one attached hydrogen (secondary N) is 3. The van der Waals surface area contributed by atoms with Crippen molar-refractivity contribution in [2.24, 2.45) is 0 Å². The summed E-state index contributed by atoms with van der Waals surface area (Å²) in [4.78, 5) is 36.5. The number of hydrogen-bond acceptors (Lipinski definition) is 3.